The first-order chi connectivity index (χ1) is 13.7. The number of nitrogens with zero attached hydrogens (tertiary/aromatic N) is 3. The second-order valence-corrected chi connectivity index (χ2v) is 9.48. The minimum Gasteiger partial charge on any atom is -0.380 e. The predicted octanol–water partition coefficient (Wildman–Crippen LogP) is 3.94. The van der Waals surface area contributed by atoms with Gasteiger partial charge in [-0.2, -0.15) is 0 Å². The highest BCUT2D eigenvalue weighted by Crippen LogP contribution is 2.50. The molecule has 0 aliphatic carbocycles. The molecule has 5 heteroatoms. The van der Waals surface area contributed by atoms with Crippen LogP contribution in [-0.4, -0.2) is 54.4 Å². The van der Waals surface area contributed by atoms with Gasteiger partial charge in [-0.15, -0.1) is 0 Å². The number of rotatable bonds is 5. The van der Waals surface area contributed by atoms with Crippen LogP contribution in [0.25, 0.3) is 0 Å². The summed E-state index contributed by atoms with van der Waals surface area (Å²) in [5, 5.41) is 12.2. The van der Waals surface area contributed by atoms with Crippen molar-refractivity contribution in [3.05, 3.63) is 59.4 Å². The Bertz CT molecular complexity index is 863. The smallest absolute Gasteiger partial charge is 0.124 e. The Morgan fingerprint density at radius 2 is 1.86 bits per heavy atom. The Labute approximate surface area is 173 Å². The van der Waals surface area contributed by atoms with Crippen molar-refractivity contribution in [3.63, 3.8) is 0 Å². The van der Waals surface area contributed by atoms with E-state index in [1.807, 2.05) is 11.0 Å². The lowest BCUT2D eigenvalue weighted by Gasteiger charge is -2.56. The van der Waals surface area contributed by atoms with Crippen molar-refractivity contribution in [2.45, 2.75) is 44.9 Å². The van der Waals surface area contributed by atoms with Crippen molar-refractivity contribution in [3.8, 4) is 0 Å². The van der Waals surface area contributed by atoms with E-state index in [1.165, 1.54) is 5.56 Å². The molecule has 0 unspecified atom stereocenters. The molecule has 29 heavy (non-hydrogen) atoms. The quantitative estimate of drug-likeness (QED) is 0.830. The molecule has 0 bridgehead atoms. The summed E-state index contributed by atoms with van der Waals surface area (Å²) in [5.41, 5.74) is 2.33. The SMILES string of the molecule is CC(C)c1ccc([C@](O)(c2cncc(N3CC[C@H](F)C3)c2)C2(C)CN(C)C2)cc1. The fourth-order valence-corrected chi connectivity index (χ4v) is 5.10. The predicted molar refractivity (Wildman–Crippen MR) is 115 cm³/mol. The molecule has 2 aromatic rings. The van der Waals surface area contributed by atoms with E-state index in [0.717, 1.165) is 29.9 Å². The van der Waals surface area contributed by atoms with Gasteiger partial charge in [-0.25, -0.2) is 4.39 Å². The average Bonchev–Trinajstić information content (AvgIpc) is 3.13. The minimum absolute atomic E-state index is 0.324. The van der Waals surface area contributed by atoms with E-state index in [1.54, 1.807) is 12.4 Å². The molecule has 2 fully saturated rings. The van der Waals surface area contributed by atoms with Gasteiger partial charge in [0.25, 0.3) is 0 Å². The van der Waals surface area contributed by atoms with Crippen LogP contribution in [0.2, 0.25) is 0 Å². The topological polar surface area (TPSA) is 39.6 Å². The van der Waals surface area contributed by atoms with Gasteiger partial charge in [0.05, 0.1) is 11.9 Å². The van der Waals surface area contributed by atoms with E-state index < -0.39 is 11.8 Å². The van der Waals surface area contributed by atoms with Crippen molar-refractivity contribution in [2.75, 3.05) is 38.1 Å². The molecule has 156 valence electrons. The lowest BCUT2D eigenvalue weighted by Crippen LogP contribution is -2.63. The number of aliphatic hydroxyl groups is 1. The third kappa shape index (κ3) is 3.44. The van der Waals surface area contributed by atoms with Crippen molar-refractivity contribution in [1.29, 1.82) is 0 Å². The summed E-state index contributed by atoms with van der Waals surface area (Å²) in [7, 11) is 2.07. The van der Waals surface area contributed by atoms with Crippen molar-refractivity contribution in [2.24, 2.45) is 5.41 Å². The summed E-state index contributed by atoms with van der Waals surface area (Å²) in [6.45, 7) is 9.17. The lowest BCUT2D eigenvalue weighted by atomic mass is 9.62. The van der Waals surface area contributed by atoms with Crippen LogP contribution < -0.4 is 4.90 Å². The van der Waals surface area contributed by atoms with E-state index in [0.29, 0.717) is 25.4 Å². The second kappa shape index (κ2) is 7.37. The van der Waals surface area contributed by atoms with Crippen molar-refractivity contribution >= 4 is 5.69 Å². The third-order valence-electron chi connectivity index (χ3n) is 6.74. The average molecular weight is 398 g/mol. The van der Waals surface area contributed by atoms with Gasteiger partial charge in [0.2, 0.25) is 0 Å². The normalized spacial score (nSPS) is 23.8. The fourth-order valence-electron chi connectivity index (χ4n) is 5.10. The molecular weight excluding hydrogens is 365 g/mol. The summed E-state index contributed by atoms with van der Waals surface area (Å²) in [4.78, 5) is 8.69. The standard InChI is InChI=1S/C24H32FN3O/c1-17(2)18-5-7-19(8-6-18)24(29,23(3)15-27(4)16-23)20-11-22(13-26-12-20)28-10-9-21(25)14-28/h5-8,11-13,17,21,29H,9-10,14-16H2,1-4H3/t21-,24-/m0/s1. The zero-order valence-electron chi connectivity index (χ0n) is 17.9. The number of halogens is 1. The first-order valence-corrected chi connectivity index (χ1v) is 10.6. The van der Waals surface area contributed by atoms with Gasteiger partial charge in [-0.3, -0.25) is 4.98 Å². The molecule has 2 aliphatic heterocycles. The summed E-state index contributed by atoms with van der Waals surface area (Å²) in [5.74, 6) is 0.441. The van der Waals surface area contributed by atoms with E-state index in [2.05, 4.69) is 62.0 Å². The monoisotopic (exact) mass is 397 g/mol. The summed E-state index contributed by atoms with van der Waals surface area (Å²) >= 11 is 0. The van der Waals surface area contributed by atoms with Gasteiger partial charge in [0, 0.05) is 43.4 Å². The van der Waals surface area contributed by atoms with Gasteiger partial charge in [-0.05, 0) is 36.6 Å². The summed E-state index contributed by atoms with van der Waals surface area (Å²) in [6, 6.07) is 10.3. The largest absolute Gasteiger partial charge is 0.380 e. The zero-order valence-corrected chi connectivity index (χ0v) is 17.9. The Hall–Kier alpha value is -1.98. The molecular formula is C24H32FN3O. The number of pyridine rings is 1. The Morgan fingerprint density at radius 3 is 2.41 bits per heavy atom. The molecule has 0 spiro atoms. The Balaban J connectivity index is 1.77. The van der Waals surface area contributed by atoms with Crippen LogP contribution in [0.3, 0.4) is 0 Å². The summed E-state index contributed by atoms with van der Waals surface area (Å²) in [6.07, 6.45) is 3.30. The van der Waals surface area contributed by atoms with E-state index in [9.17, 15) is 9.50 Å². The minimum atomic E-state index is -1.16. The fraction of sp³-hybridized carbons (Fsp3) is 0.542. The maximum Gasteiger partial charge on any atom is 0.124 e. The van der Waals surface area contributed by atoms with Gasteiger partial charge in [0.15, 0.2) is 0 Å². The molecule has 1 aromatic heterocycles. The number of alkyl halides is 1. The highest BCUT2D eigenvalue weighted by Gasteiger charge is 2.55. The van der Waals surface area contributed by atoms with Crippen LogP contribution in [0.4, 0.5) is 10.1 Å². The molecule has 2 atom stereocenters. The number of likely N-dealkylation sites (tertiary alicyclic amines) is 1. The Kier molecular flexibility index (Phi) is 5.16. The van der Waals surface area contributed by atoms with Crippen LogP contribution >= 0.6 is 0 Å². The van der Waals surface area contributed by atoms with Gasteiger partial charge in [-0.1, -0.05) is 45.0 Å². The van der Waals surface area contributed by atoms with Gasteiger partial charge >= 0.3 is 0 Å². The van der Waals surface area contributed by atoms with Crippen LogP contribution in [-0.2, 0) is 5.60 Å². The molecule has 1 N–H and O–H groups in total. The number of hydrogen-bond acceptors (Lipinski definition) is 4. The molecule has 0 amide bonds. The number of aromatic nitrogens is 1. The molecule has 2 aliphatic rings. The highest BCUT2D eigenvalue weighted by molar-refractivity contribution is 5.51. The molecule has 4 nitrogen and oxygen atoms in total. The maximum atomic E-state index is 13.7. The van der Waals surface area contributed by atoms with Crippen LogP contribution in [0.15, 0.2) is 42.7 Å². The number of hydrogen-bond donors (Lipinski definition) is 1. The first-order valence-electron chi connectivity index (χ1n) is 10.6. The van der Waals surface area contributed by atoms with Crippen molar-refractivity contribution < 1.29 is 9.50 Å². The van der Waals surface area contributed by atoms with Gasteiger partial charge in [0.1, 0.15) is 11.8 Å². The highest BCUT2D eigenvalue weighted by atomic mass is 19.1. The molecule has 1 aromatic carbocycles. The molecule has 0 radical (unpaired) electrons. The molecule has 2 saturated heterocycles. The second-order valence-electron chi connectivity index (χ2n) is 9.48. The van der Waals surface area contributed by atoms with E-state index in [-0.39, 0.29) is 5.41 Å². The van der Waals surface area contributed by atoms with E-state index in [4.69, 9.17) is 0 Å². The first kappa shape index (κ1) is 20.3. The Morgan fingerprint density at radius 1 is 1.17 bits per heavy atom. The maximum absolute atomic E-state index is 13.7. The zero-order chi connectivity index (χ0) is 20.8. The van der Waals surface area contributed by atoms with Crippen LogP contribution in [0, 0.1) is 5.41 Å². The van der Waals surface area contributed by atoms with Crippen LogP contribution in [0.1, 0.15) is 49.8 Å². The molecule has 3 heterocycles. The molecule has 0 saturated carbocycles. The number of anilines is 1. The van der Waals surface area contributed by atoms with Crippen LogP contribution in [0.5, 0.6) is 0 Å². The van der Waals surface area contributed by atoms with E-state index >= 15 is 0 Å². The lowest BCUT2D eigenvalue weighted by molar-refractivity contribution is -0.127. The third-order valence-corrected chi connectivity index (χ3v) is 6.74. The summed E-state index contributed by atoms with van der Waals surface area (Å²) < 4.78 is 13.7. The number of benzene rings is 1. The van der Waals surface area contributed by atoms with Gasteiger partial charge < -0.3 is 14.9 Å². The molecule has 4 rings (SSSR count). The van der Waals surface area contributed by atoms with Crippen molar-refractivity contribution in [1.82, 2.24) is 9.88 Å².